The fraction of sp³-hybridized carbons (Fsp3) is 1.00. The van der Waals surface area contributed by atoms with Gasteiger partial charge in [-0.3, -0.25) is 0 Å². The quantitative estimate of drug-likeness (QED) is 0.699. The minimum Gasteiger partial charge on any atom is -0.394 e. The van der Waals surface area contributed by atoms with Gasteiger partial charge in [0.05, 0.1) is 6.61 Å². The second kappa shape index (κ2) is 8.13. The van der Waals surface area contributed by atoms with Gasteiger partial charge in [0.2, 0.25) is 0 Å². The summed E-state index contributed by atoms with van der Waals surface area (Å²) in [6.45, 7) is 7.65. The first-order chi connectivity index (χ1) is 8.59. The van der Waals surface area contributed by atoms with Crippen LogP contribution in [0.2, 0.25) is 0 Å². The van der Waals surface area contributed by atoms with Gasteiger partial charge in [-0.15, -0.1) is 0 Å². The van der Waals surface area contributed by atoms with Crippen LogP contribution in [-0.4, -0.2) is 48.8 Å². The molecule has 0 aliphatic heterocycles. The molecule has 3 nitrogen and oxygen atoms in total. The number of aliphatic hydroxyl groups excluding tert-OH is 1. The van der Waals surface area contributed by atoms with Crippen LogP contribution in [0.25, 0.3) is 0 Å². The zero-order valence-electron chi connectivity index (χ0n) is 12.5. The lowest BCUT2D eigenvalue weighted by molar-refractivity contribution is 0.145. The molecule has 0 aromatic heterocycles. The molecule has 0 radical (unpaired) electrons. The lowest BCUT2D eigenvalue weighted by atomic mass is 9.89. The van der Waals surface area contributed by atoms with Crippen LogP contribution >= 0.6 is 0 Å². The summed E-state index contributed by atoms with van der Waals surface area (Å²) in [5.74, 6) is 0.906. The van der Waals surface area contributed by atoms with Gasteiger partial charge in [-0.1, -0.05) is 26.2 Å². The summed E-state index contributed by atoms with van der Waals surface area (Å²) in [6.07, 6.45) is 8.11. The predicted octanol–water partition coefficient (Wildman–Crippen LogP) is 2.25. The normalized spacial score (nSPS) is 21.2. The number of hydrogen-bond donors (Lipinski definition) is 2. The average molecular weight is 256 g/mol. The van der Waals surface area contributed by atoms with E-state index in [-0.39, 0.29) is 12.1 Å². The SMILES string of the molecule is CCNC(C)(CO)CCN(C)CC1CCCCC1. The molecule has 0 aromatic rings. The van der Waals surface area contributed by atoms with Gasteiger partial charge in [-0.05, 0) is 52.2 Å². The number of nitrogens with zero attached hydrogens (tertiary/aromatic N) is 1. The molecule has 0 aromatic carbocycles. The van der Waals surface area contributed by atoms with Crippen molar-refractivity contribution in [1.29, 1.82) is 0 Å². The largest absolute Gasteiger partial charge is 0.394 e. The molecule has 0 amide bonds. The van der Waals surface area contributed by atoms with Crippen LogP contribution in [0.15, 0.2) is 0 Å². The standard InChI is InChI=1S/C15H32N2O/c1-4-16-15(2,13-18)10-11-17(3)12-14-8-6-5-7-9-14/h14,16,18H,4-13H2,1-3H3. The highest BCUT2D eigenvalue weighted by molar-refractivity contribution is 4.83. The van der Waals surface area contributed by atoms with Gasteiger partial charge in [0.1, 0.15) is 0 Å². The maximum Gasteiger partial charge on any atom is 0.0611 e. The molecule has 2 N–H and O–H groups in total. The summed E-state index contributed by atoms with van der Waals surface area (Å²) in [5, 5.41) is 12.9. The zero-order chi connectivity index (χ0) is 13.4. The minimum absolute atomic E-state index is 0.116. The fourth-order valence-electron chi connectivity index (χ4n) is 2.99. The van der Waals surface area contributed by atoms with Gasteiger partial charge in [-0.2, -0.15) is 0 Å². The van der Waals surface area contributed by atoms with E-state index in [1.807, 2.05) is 0 Å². The molecule has 1 saturated carbocycles. The van der Waals surface area contributed by atoms with Crippen LogP contribution in [0.3, 0.4) is 0 Å². The third-order valence-corrected chi connectivity index (χ3v) is 4.29. The van der Waals surface area contributed by atoms with Crippen molar-refractivity contribution in [3.63, 3.8) is 0 Å². The van der Waals surface area contributed by atoms with Crippen molar-refractivity contribution in [2.75, 3.05) is 33.3 Å². The van der Waals surface area contributed by atoms with E-state index >= 15 is 0 Å². The molecule has 1 rings (SSSR count). The Morgan fingerprint density at radius 2 is 1.94 bits per heavy atom. The summed E-state index contributed by atoms with van der Waals surface area (Å²) in [7, 11) is 2.22. The van der Waals surface area contributed by atoms with Crippen molar-refractivity contribution in [3.05, 3.63) is 0 Å². The summed E-state index contributed by atoms with van der Waals surface area (Å²) in [5.41, 5.74) is -0.116. The molecule has 0 saturated heterocycles. The highest BCUT2D eigenvalue weighted by Crippen LogP contribution is 2.24. The second-order valence-electron chi connectivity index (χ2n) is 6.27. The van der Waals surface area contributed by atoms with Crippen LogP contribution in [0, 0.1) is 5.92 Å². The summed E-state index contributed by atoms with van der Waals surface area (Å²) in [4.78, 5) is 2.45. The van der Waals surface area contributed by atoms with Crippen molar-refractivity contribution in [1.82, 2.24) is 10.2 Å². The van der Waals surface area contributed by atoms with E-state index in [0.29, 0.717) is 0 Å². The molecule has 108 valence electrons. The fourth-order valence-corrected chi connectivity index (χ4v) is 2.99. The molecule has 0 spiro atoms. The topological polar surface area (TPSA) is 35.5 Å². The summed E-state index contributed by atoms with van der Waals surface area (Å²) < 4.78 is 0. The van der Waals surface area contributed by atoms with Crippen LogP contribution in [0.1, 0.15) is 52.4 Å². The second-order valence-corrected chi connectivity index (χ2v) is 6.27. The Balaban J connectivity index is 2.24. The molecule has 1 aliphatic rings. The third kappa shape index (κ3) is 5.68. The molecule has 1 unspecified atom stereocenters. The molecule has 1 aliphatic carbocycles. The lowest BCUT2D eigenvalue weighted by Gasteiger charge is -2.32. The van der Waals surface area contributed by atoms with Gasteiger partial charge in [-0.25, -0.2) is 0 Å². The number of rotatable bonds is 8. The van der Waals surface area contributed by atoms with Gasteiger partial charge >= 0.3 is 0 Å². The Bertz CT molecular complexity index is 217. The Morgan fingerprint density at radius 3 is 2.50 bits per heavy atom. The number of nitrogens with one attached hydrogen (secondary N) is 1. The first-order valence-electron chi connectivity index (χ1n) is 7.64. The van der Waals surface area contributed by atoms with Crippen molar-refractivity contribution in [3.8, 4) is 0 Å². The van der Waals surface area contributed by atoms with Gasteiger partial charge in [0, 0.05) is 12.1 Å². The van der Waals surface area contributed by atoms with E-state index in [1.54, 1.807) is 0 Å². The predicted molar refractivity (Wildman–Crippen MR) is 77.9 cm³/mol. The van der Waals surface area contributed by atoms with Crippen LogP contribution in [-0.2, 0) is 0 Å². The highest BCUT2D eigenvalue weighted by atomic mass is 16.3. The van der Waals surface area contributed by atoms with Crippen LogP contribution in [0.4, 0.5) is 0 Å². The van der Waals surface area contributed by atoms with Crippen molar-refractivity contribution in [2.24, 2.45) is 5.92 Å². The van der Waals surface area contributed by atoms with Crippen LogP contribution < -0.4 is 5.32 Å². The van der Waals surface area contributed by atoms with Gasteiger partial charge in [0.25, 0.3) is 0 Å². The van der Waals surface area contributed by atoms with E-state index in [4.69, 9.17) is 0 Å². The monoisotopic (exact) mass is 256 g/mol. The molecule has 0 heterocycles. The first kappa shape index (κ1) is 15.9. The van der Waals surface area contributed by atoms with Crippen molar-refractivity contribution < 1.29 is 5.11 Å². The average Bonchev–Trinajstić information content (AvgIpc) is 2.38. The Hall–Kier alpha value is -0.120. The zero-order valence-corrected chi connectivity index (χ0v) is 12.5. The lowest BCUT2D eigenvalue weighted by Crippen LogP contribution is -2.47. The Kier molecular flexibility index (Phi) is 7.20. The van der Waals surface area contributed by atoms with E-state index in [1.165, 1.54) is 38.6 Å². The van der Waals surface area contributed by atoms with E-state index in [2.05, 4.69) is 31.1 Å². The van der Waals surface area contributed by atoms with E-state index < -0.39 is 0 Å². The Morgan fingerprint density at radius 1 is 1.28 bits per heavy atom. The minimum atomic E-state index is -0.116. The molecular weight excluding hydrogens is 224 g/mol. The maximum absolute atomic E-state index is 9.47. The molecule has 1 fully saturated rings. The first-order valence-corrected chi connectivity index (χ1v) is 7.64. The van der Waals surface area contributed by atoms with Gasteiger partial charge in [0.15, 0.2) is 0 Å². The molecular formula is C15H32N2O. The van der Waals surface area contributed by atoms with E-state index in [0.717, 1.165) is 25.4 Å². The smallest absolute Gasteiger partial charge is 0.0611 e. The molecule has 0 bridgehead atoms. The van der Waals surface area contributed by atoms with Crippen LogP contribution in [0.5, 0.6) is 0 Å². The summed E-state index contributed by atoms with van der Waals surface area (Å²) >= 11 is 0. The van der Waals surface area contributed by atoms with Crippen molar-refractivity contribution in [2.45, 2.75) is 57.9 Å². The molecule has 1 atom stereocenters. The highest BCUT2D eigenvalue weighted by Gasteiger charge is 2.23. The number of hydrogen-bond acceptors (Lipinski definition) is 3. The van der Waals surface area contributed by atoms with Gasteiger partial charge < -0.3 is 15.3 Å². The Labute approximate surface area is 113 Å². The number of likely N-dealkylation sites (N-methyl/N-ethyl adjacent to an activating group) is 1. The van der Waals surface area contributed by atoms with E-state index in [9.17, 15) is 5.11 Å². The summed E-state index contributed by atoms with van der Waals surface area (Å²) in [6, 6.07) is 0. The van der Waals surface area contributed by atoms with Crippen molar-refractivity contribution >= 4 is 0 Å². The molecule has 3 heteroatoms. The third-order valence-electron chi connectivity index (χ3n) is 4.29. The molecule has 18 heavy (non-hydrogen) atoms. The number of aliphatic hydroxyl groups is 1. The maximum atomic E-state index is 9.47.